The number of hydrogen-bond donors (Lipinski definition) is 1. The van der Waals surface area contributed by atoms with E-state index in [0.717, 1.165) is 22.9 Å². The zero-order chi connectivity index (χ0) is 20.3. The van der Waals surface area contributed by atoms with Gasteiger partial charge in [0.05, 0.1) is 24.3 Å². The van der Waals surface area contributed by atoms with Crippen LogP contribution in [0.2, 0.25) is 0 Å². The summed E-state index contributed by atoms with van der Waals surface area (Å²) in [5, 5.41) is 8.43. The van der Waals surface area contributed by atoms with Crippen LogP contribution in [0.1, 0.15) is 25.0 Å². The molecule has 0 spiro atoms. The standard InChI is InChI=1S/C22H24N2O3S/c1-14(2)13-27-18-9-8-16(11-19(18)26-4)12-20-21(25)24(22(23)28-20)17-7-5-6-15(3)10-17/h5-12,14,23H,13H2,1-4H3/b20-12-,23-22?. The summed E-state index contributed by atoms with van der Waals surface area (Å²) >= 11 is 1.16. The lowest BCUT2D eigenvalue weighted by Gasteiger charge is -2.14. The number of nitrogens with one attached hydrogen (secondary N) is 1. The smallest absolute Gasteiger partial charge is 0.271 e. The van der Waals surface area contributed by atoms with Gasteiger partial charge < -0.3 is 9.47 Å². The molecule has 0 radical (unpaired) electrons. The number of thioether (sulfide) groups is 1. The van der Waals surface area contributed by atoms with Gasteiger partial charge in [0.2, 0.25) is 0 Å². The maximum Gasteiger partial charge on any atom is 0.271 e. The minimum atomic E-state index is -0.195. The quantitative estimate of drug-likeness (QED) is 0.691. The van der Waals surface area contributed by atoms with Crippen LogP contribution in [-0.2, 0) is 4.79 Å². The Balaban J connectivity index is 1.85. The van der Waals surface area contributed by atoms with Crippen molar-refractivity contribution in [1.29, 1.82) is 5.41 Å². The molecule has 0 unspecified atom stereocenters. The fourth-order valence-electron chi connectivity index (χ4n) is 2.79. The van der Waals surface area contributed by atoms with E-state index in [1.165, 1.54) is 4.90 Å². The summed E-state index contributed by atoms with van der Waals surface area (Å²) in [4.78, 5) is 14.8. The number of ether oxygens (including phenoxy) is 2. The number of amides is 1. The Hall–Kier alpha value is -2.73. The van der Waals surface area contributed by atoms with Gasteiger partial charge in [-0.1, -0.05) is 32.0 Å². The fourth-order valence-corrected chi connectivity index (χ4v) is 3.65. The molecule has 3 rings (SSSR count). The predicted molar refractivity (Wildman–Crippen MR) is 115 cm³/mol. The third-order valence-corrected chi connectivity index (χ3v) is 5.03. The van der Waals surface area contributed by atoms with Gasteiger partial charge in [0.1, 0.15) is 0 Å². The van der Waals surface area contributed by atoms with Gasteiger partial charge in [-0.25, -0.2) is 0 Å². The highest BCUT2D eigenvalue weighted by Crippen LogP contribution is 2.36. The van der Waals surface area contributed by atoms with E-state index in [-0.39, 0.29) is 11.1 Å². The topological polar surface area (TPSA) is 62.6 Å². The first kappa shape index (κ1) is 20.0. The van der Waals surface area contributed by atoms with Crippen molar-refractivity contribution in [2.75, 3.05) is 18.6 Å². The number of anilines is 1. The maximum absolute atomic E-state index is 12.9. The van der Waals surface area contributed by atoms with Crippen LogP contribution in [0.4, 0.5) is 5.69 Å². The second-order valence-electron chi connectivity index (χ2n) is 7.01. The molecule has 1 fully saturated rings. The van der Waals surface area contributed by atoms with Crippen molar-refractivity contribution >= 4 is 34.6 Å². The average Bonchev–Trinajstić information content (AvgIpc) is 2.93. The van der Waals surface area contributed by atoms with Crippen LogP contribution < -0.4 is 14.4 Å². The number of aryl methyl sites for hydroxylation is 1. The zero-order valence-corrected chi connectivity index (χ0v) is 17.3. The number of amidine groups is 1. The Kier molecular flexibility index (Phi) is 6.09. The molecule has 28 heavy (non-hydrogen) atoms. The summed E-state index contributed by atoms with van der Waals surface area (Å²) in [6, 6.07) is 13.2. The second kappa shape index (κ2) is 8.52. The Labute approximate surface area is 169 Å². The summed E-state index contributed by atoms with van der Waals surface area (Å²) in [6.07, 6.45) is 1.78. The van der Waals surface area contributed by atoms with Crippen molar-refractivity contribution in [3.63, 3.8) is 0 Å². The Morgan fingerprint density at radius 1 is 1.18 bits per heavy atom. The second-order valence-corrected chi connectivity index (χ2v) is 8.04. The monoisotopic (exact) mass is 396 g/mol. The largest absolute Gasteiger partial charge is 0.493 e. The van der Waals surface area contributed by atoms with E-state index in [1.807, 2.05) is 49.4 Å². The van der Waals surface area contributed by atoms with Crippen molar-refractivity contribution in [3.8, 4) is 11.5 Å². The summed E-state index contributed by atoms with van der Waals surface area (Å²) in [6.45, 7) is 6.74. The van der Waals surface area contributed by atoms with Gasteiger partial charge in [-0.05, 0) is 66.1 Å². The van der Waals surface area contributed by atoms with E-state index in [4.69, 9.17) is 14.9 Å². The van der Waals surface area contributed by atoms with Crippen molar-refractivity contribution in [2.45, 2.75) is 20.8 Å². The molecule has 1 N–H and O–H groups in total. The van der Waals surface area contributed by atoms with E-state index in [0.29, 0.717) is 34.6 Å². The van der Waals surface area contributed by atoms with E-state index in [2.05, 4.69) is 13.8 Å². The lowest BCUT2D eigenvalue weighted by molar-refractivity contribution is -0.113. The summed E-state index contributed by atoms with van der Waals surface area (Å²) in [5.41, 5.74) is 2.58. The van der Waals surface area contributed by atoms with Crippen molar-refractivity contribution in [3.05, 3.63) is 58.5 Å². The first-order valence-corrected chi connectivity index (χ1v) is 9.90. The molecule has 2 aromatic carbocycles. The van der Waals surface area contributed by atoms with Gasteiger partial charge in [0.15, 0.2) is 16.7 Å². The number of nitrogens with zero attached hydrogens (tertiary/aromatic N) is 1. The SMILES string of the molecule is COc1cc(/C=C2\SC(=N)N(c3cccc(C)c3)C2=O)ccc1OCC(C)C. The van der Waals surface area contributed by atoms with Crippen LogP contribution in [0.5, 0.6) is 11.5 Å². The van der Waals surface area contributed by atoms with Gasteiger partial charge in [0.25, 0.3) is 5.91 Å². The molecule has 0 saturated carbocycles. The molecule has 5 nitrogen and oxygen atoms in total. The van der Waals surface area contributed by atoms with Gasteiger partial charge in [-0.15, -0.1) is 0 Å². The van der Waals surface area contributed by atoms with Gasteiger partial charge in [0, 0.05) is 0 Å². The molecule has 6 heteroatoms. The normalized spacial score (nSPS) is 15.6. The molecule has 2 aromatic rings. The van der Waals surface area contributed by atoms with E-state index >= 15 is 0 Å². The average molecular weight is 397 g/mol. The van der Waals surface area contributed by atoms with Crippen LogP contribution >= 0.6 is 11.8 Å². The first-order valence-electron chi connectivity index (χ1n) is 9.09. The van der Waals surface area contributed by atoms with Crippen LogP contribution in [0.25, 0.3) is 6.08 Å². The molecule has 1 amide bonds. The van der Waals surface area contributed by atoms with Crippen molar-refractivity contribution < 1.29 is 14.3 Å². The van der Waals surface area contributed by atoms with Crippen molar-refractivity contribution in [2.24, 2.45) is 5.92 Å². The van der Waals surface area contributed by atoms with Crippen molar-refractivity contribution in [1.82, 2.24) is 0 Å². The van der Waals surface area contributed by atoms with Crippen LogP contribution in [0, 0.1) is 18.3 Å². The summed E-state index contributed by atoms with van der Waals surface area (Å²) in [7, 11) is 1.60. The highest BCUT2D eigenvalue weighted by molar-refractivity contribution is 8.19. The third-order valence-electron chi connectivity index (χ3n) is 4.14. The minimum Gasteiger partial charge on any atom is -0.493 e. The Morgan fingerprint density at radius 3 is 2.64 bits per heavy atom. The number of methoxy groups -OCH3 is 1. The highest BCUT2D eigenvalue weighted by Gasteiger charge is 2.33. The van der Waals surface area contributed by atoms with E-state index < -0.39 is 0 Å². The molecule has 1 aliphatic heterocycles. The van der Waals surface area contributed by atoms with Gasteiger partial charge in [-0.2, -0.15) is 0 Å². The first-order chi connectivity index (χ1) is 13.4. The zero-order valence-electron chi connectivity index (χ0n) is 16.5. The molecular weight excluding hydrogens is 372 g/mol. The number of hydrogen-bond acceptors (Lipinski definition) is 5. The Bertz CT molecular complexity index is 937. The molecule has 1 heterocycles. The number of carbonyl (C=O) groups is 1. The highest BCUT2D eigenvalue weighted by atomic mass is 32.2. The van der Waals surface area contributed by atoms with Crippen LogP contribution in [0.15, 0.2) is 47.4 Å². The minimum absolute atomic E-state index is 0.195. The summed E-state index contributed by atoms with van der Waals surface area (Å²) in [5.74, 6) is 1.52. The predicted octanol–water partition coefficient (Wildman–Crippen LogP) is 5.09. The lowest BCUT2D eigenvalue weighted by atomic mass is 10.1. The molecular formula is C22H24N2O3S. The number of benzene rings is 2. The third kappa shape index (κ3) is 4.39. The lowest BCUT2D eigenvalue weighted by Crippen LogP contribution is -2.28. The molecule has 146 valence electrons. The molecule has 1 aliphatic rings. The Morgan fingerprint density at radius 2 is 1.96 bits per heavy atom. The van der Waals surface area contributed by atoms with Crippen LogP contribution in [-0.4, -0.2) is 24.8 Å². The molecule has 1 saturated heterocycles. The number of rotatable bonds is 6. The molecule has 0 aromatic heterocycles. The molecule has 0 atom stereocenters. The van der Waals surface area contributed by atoms with Gasteiger partial charge >= 0.3 is 0 Å². The molecule has 0 bridgehead atoms. The maximum atomic E-state index is 12.9. The van der Waals surface area contributed by atoms with Gasteiger partial charge in [-0.3, -0.25) is 15.1 Å². The summed E-state index contributed by atoms with van der Waals surface area (Å²) < 4.78 is 11.2. The van der Waals surface area contributed by atoms with Crippen LogP contribution in [0.3, 0.4) is 0 Å². The number of carbonyl (C=O) groups excluding carboxylic acids is 1. The van der Waals surface area contributed by atoms with E-state index in [1.54, 1.807) is 13.2 Å². The fraction of sp³-hybridized carbons (Fsp3) is 0.273. The molecule has 0 aliphatic carbocycles. The van der Waals surface area contributed by atoms with E-state index in [9.17, 15) is 4.79 Å².